The summed E-state index contributed by atoms with van der Waals surface area (Å²) in [6.07, 6.45) is 1.15. The Morgan fingerprint density at radius 3 is 2.39 bits per heavy atom. The molecule has 1 aliphatic heterocycles. The maximum absolute atomic E-state index is 13.3. The molecule has 2 amide bonds. The van der Waals surface area contributed by atoms with Gasteiger partial charge >= 0.3 is 6.09 Å². The van der Waals surface area contributed by atoms with Gasteiger partial charge in [0.15, 0.2) is 0 Å². The normalized spacial score (nSPS) is 17.6. The molecule has 0 aliphatic carbocycles. The van der Waals surface area contributed by atoms with Crippen LogP contribution in [0.3, 0.4) is 0 Å². The summed E-state index contributed by atoms with van der Waals surface area (Å²) in [4.78, 5) is 29.1. The number of rotatable bonds is 4. The molecular weight excluding hydrogens is 399 g/mol. The van der Waals surface area contributed by atoms with Gasteiger partial charge in [-0.2, -0.15) is 0 Å². The first kappa shape index (κ1) is 22.8. The molecule has 1 saturated heterocycles. The molecule has 156 valence electrons. The van der Waals surface area contributed by atoms with Gasteiger partial charge in [-0.05, 0) is 59.6 Å². The van der Waals surface area contributed by atoms with Crippen LogP contribution in [0.2, 0.25) is 10.0 Å². The van der Waals surface area contributed by atoms with E-state index in [1.165, 1.54) is 0 Å². The summed E-state index contributed by atoms with van der Waals surface area (Å²) in [6.45, 7) is 10.8. The predicted molar refractivity (Wildman–Crippen MR) is 113 cm³/mol. The van der Waals surface area contributed by atoms with Gasteiger partial charge in [0.1, 0.15) is 5.60 Å². The van der Waals surface area contributed by atoms with Gasteiger partial charge in [0.05, 0.1) is 5.92 Å². The number of carbonyl (C=O) groups is 2. The zero-order valence-electron chi connectivity index (χ0n) is 17.3. The highest BCUT2D eigenvalue weighted by atomic mass is 35.5. The molecule has 7 heteroatoms. The van der Waals surface area contributed by atoms with Crippen LogP contribution in [0.4, 0.5) is 4.79 Å². The second-order valence-corrected chi connectivity index (χ2v) is 9.34. The predicted octanol–water partition coefficient (Wildman–Crippen LogP) is 5.38. The van der Waals surface area contributed by atoms with E-state index in [4.69, 9.17) is 27.9 Å². The third-order valence-corrected chi connectivity index (χ3v) is 5.43. The van der Waals surface area contributed by atoms with Crippen molar-refractivity contribution < 1.29 is 14.3 Å². The monoisotopic (exact) mass is 428 g/mol. The molecule has 0 radical (unpaired) electrons. The average Bonchev–Trinajstić information content (AvgIpc) is 2.59. The van der Waals surface area contributed by atoms with Crippen LogP contribution in [0.25, 0.3) is 0 Å². The Bertz CT molecular complexity index is 696. The van der Waals surface area contributed by atoms with Gasteiger partial charge in [-0.15, -0.1) is 0 Å². The summed E-state index contributed by atoms with van der Waals surface area (Å²) in [5.41, 5.74) is 0.186. The highest BCUT2D eigenvalue weighted by Crippen LogP contribution is 2.28. The van der Waals surface area contributed by atoms with Crippen molar-refractivity contribution in [3.05, 3.63) is 33.8 Å². The fourth-order valence-electron chi connectivity index (χ4n) is 3.27. The van der Waals surface area contributed by atoms with E-state index >= 15 is 0 Å². The molecule has 1 heterocycles. The molecule has 0 spiro atoms. The third kappa shape index (κ3) is 6.02. The Balaban J connectivity index is 2.13. The highest BCUT2D eigenvalue weighted by molar-refractivity contribution is 6.36. The second kappa shape index (κ2) is 9.36. The van der Waals surface area contributed by atoms with Crippen LogP contribution in [0.1, 0.15) is 53.0 Å². The SMILES string of the molecule is CC(C)N(Cc1c(Cl)cccc1Cl)C(=O)[C@H]1CCCN(C(=O)OC(C)(C)C)C1. The lowest BCUT2D eigenvalue weighted by Crippen LogP contribution is -2.49. The maximum atomic E-state index is 13.3. The number of nitrogens with zero attached hydrogens (tertiary/aromatic N) is 2. The lowest BCUT2D eigenvalue weighted by Gasteiger charge is -2.37. The molecule has 1 fully saturated rings. The molecule has 5 nitrogen and oxygen atoms in total. The number of benzene rings is 1. The first-order valence-electron chi connectivity index (χ1n) is 9.71. The minimum absolute atomic E-state index is 0.0132. The lowest BCUT2D eigenvalue weighted by molar-refractivity contribution is -0.139. The topological polar surface area (TPSA) is 49.9 Å². The molecule has 1 aliphatic rings. The Morgan fingerprint density at radius 2 is 1.86 bits per heavy atom. The molecule has 28 heavy (non-hydrogen) atoms. The van der Waals surface area contributed by atoms with Crippen LogP contribution in [-0.4, -0.2) is 46.5 Å². The second-order valence-electron chi connectivity index (χ2n) is 8.53. The molecule has 0 aromatic heterocycles. The molecule has 0 bridgehead atoms. The number of likely N-dealkylation sites (tertiary alicyclic amines) is 1. The summed E-state index contributed by atoms with van der Waals surface area (Å²) in [6, 6.07) is 5.32. The Morgan fingerprint density at radius 1 is 1.25 bits per heavy atom. The Hall–Kier alpha value is -1.46. The number of hydrogen-bond donors (Lipinski definition) is 0. The molecule has 0 N–H and O–H groups in total. The van der Waals surface area contributed by atoms with Crippen molar-refractivity contribution in [3.8, 4) is 0 Å². The van der Waals surface area contributed by atoms with Crippen LogP contribution in [0, 0.1) is 5.92 Å². The van der Waals surface area contributed by atoms with Gasteiger partial charge in [0.2, 0.25) is 5.91 Å². The van der Waals surface area contributed by atoms with Gasteiger partial charge in [-0.1, -0.05) is 29.3 Å². The summed E-state index contributed by atoms with van der Waals surface area (Å²) in [7, 11) is 0. The standard InChI is InChI=1S/C21H30Cl2N2O3/c1-14(2)25(13-16-17(22)9-6-10-18(16)23)19(26)15-8-7-11-24(12-15)20(27)28-21(3,4)5/h6,9-10,14-15H,7-8,11-13H2,1-5H3/t15-/m0/s1. The number of carbonyl (C=O) groups excluding carboxylic acids is 2. The molecule has 1 aromatic carbocycles. The van der Waals surface area contributed by atoms with Crippen molar-refractivity contribution in [2.24, 2.45) is 5.92 Å². The van der Waals surface area contributed by atoms with Crippen molar-refractivity contribution >= 4 is 35.2 Å². The number of amides is 2. The molecule has 0 unspecified atom stereocenters. The first-order valence-corrected chi connectivity index (χ1v) is 10.5. The highest BCUT2D eigenvalue weighted by Gasteiger charge is 2.34. The van der Waals surface area contributed by atoms with Crippen LogP contribution < -0.4 is 0 Å². The molecular formula is C21H30Cl2N2O3. The zero-order chi connectivity index (χ0) is 21.1. The summed E-state index contributed by atoms with van der Waals surface area (Å²) < 4.78 is 5.47. The fourth-order valence-corrected chi connectivity index (χ4v) is 3.79. The van der Waals surface area contributed by atoms with E-state index in [2.05, 4.69) is 0 Å². The molecule has 1 aromatic rings. The Kier molecular flexibility index (Phi) is 7.63. The van der Waals surface area contributed by atoms with Crippen LogP contribution in [0.5, 0.6) is 0 Å². The third-order valence-electron chi connectivity index (χ3n) is 4.72. The number of piperidine rings is 1. The van der Waals surface area contributed by atoms with Gasteiger partial charge in [-0.25, -0.2) is 4.79 Å². The quantitative estimate of drug-likeness (QED) is 0.646. The van der Waals surface area contributed by atoms with E-state index in [-0.39, 0.29) is 24.0 Å². The van der Waals surface area contributed by atoms with E-state index < -0.39 is 5.60 Å². The van der Waals surface area contributed by atoms with Crippen molar-refractivity contribution in [3.63, 3.8) is 0 Å². The van der Waals surface area contributed by atoms with Crippen molar-refractivity contribution in [2.75, 3.05) is 13.1 Å². The van der Waals surface area contributed by atoms with Crippen molar-refractivity contribution in [1.82, 2.24) is 9.80 Å². The first-order chi connectivity index (χ1) is 13.0. The van der Waals surface area contributed by atoms with E-state index in [1.54, 1.807) is 28.0 Å². The van der Waals surface area contributed by atoms with Crippen LogP contribution >= 0.6 is 23.2 Å². The van der Waals surface area contributed by atoms with Crippen LogP contribution in [0.15, 0.2) is 18.2 Å². The summed E-state index contributed by atoms with van der Waals surface area (Å²) in [5.74, 6) is -0.246. The van der Waals surface area contributed by atoms with E-state index in [0.29, 0.717) is 29.7 Å². The van der Waals surface area contributed by atoms with Crippen LogP contribution in [-0.2, 0) is 16.1 Å². The van der Waals surface area contributed by atoms with Gasteiger partial charge in [-0.3, -0.25) is 4.79 Å². The largest absolute Gasteiger partial charge is 0.444 e. The fraction of sp³-hybridized carbons (Fsp3) is 0.619. The van der Waals surface area contributed by atoms with E-state index in [0.717, 1.165) is 18.4 Å². The van der Waals surface area contributed by atoms with Gasteiger partial charge < -0.3 is 14.5 Å². The lowest BCUT2D eigenvalue weighted by atomic mass is 9.96. The van der Waals surface area contributed by atoms with E-state index in [9.17, 15) is 9.59 Å². The number of ether oxygens (including phenoxy) is 1. The van der Waals surface area contributed by atoms with Gasteiger partial charge in [0.25, 0.3) is 0 Å². The molecule has 2 rings (SSSR count). The molecule has 1 atom stereocenters. The zero-order valence-corrected chi connectivity index (χ0v) is 18.8. The maximum Gasteiger partial charge on any atom is 0.410 e. The average molecular weight is 429 g/mol. The van der Waals surface area contributed by atoms with Crippen molar-refractivity contribution in [1.29, 1.82) is 0 Å². The summed E-state index contributed by atoms with van der Waals surface area (Å²) >= 11 is 12.6. The molecule has 0 saturated carbocycles. The van der Waals surface area contributed by atoms with Crippen molar-refractivity contribution in [2.45, 2.75) is 65.6 Å². The summed E-state index contributed by atoms with van der Waals surface area (Å²) in [5, 5.41) is 1.09. The Labute approximate surface area is 177 Å². The number of hydrogen-bond acceptors (Lipinski definition) is 3. The smallest absolute Gasteiger partial charge is 0.410 e. The van der Waals surface area contributed by atoms with Gasteiger partial charge in [0, 0.05) is 41.3 Å². The van der Waals surface area contributed by atoms with E-state index in [1.807, 2.05) is 34.6 Å². The minimum Gasteiger partial charge on any atom is -0.444 e. The minimum atomic E-state index is -0.557. The number of halogens is 2.